The van der Waals surface area contributed by atoms with Crippen molar-refractivity contribution in [3.05, 3.63) is 11.2 Å². The molecule has 0 radical (unpaired) electrons. The van der Waals surface area contributed by atoms with Gasteiger partial charge in [0.05, 0.1) is 12.8 Å². The zero-order chi connectivity index (χ0) is 11.3. The third-order valence-electron chi connectivity index (χ3n) is 1.99. The number of nitrogen functional groups attached to an aromatic ring is 1. The first-order valence-electron chi connectivity index (χ1n) is 4.71. The summed E-state index contributed by atoms with van der Waals surface area (Å²) in [6.07, 6.45) is 1.51. The van der Waals surface area contributed by atoms with Crippen molar-refractivity contribution in [1.29, 1.82) is 0 Å². The summed E-state index contributed by atoms with van der Waals surface area (Å²) in [5.41, 5.74) is 5.51. The summed E-state index contributed by atoms with van der Waals surface area (Å²) >= 11 is 5.99. The Morgan fingerprint density at radius 1 is 1.60 bits per heavy atom. The van der Waals surface area contributed by atoms with Crippen LogP contribution in [0.4, 0.5) is 11.8 Å². The van der Waals surface area contributed by atoms with Gasteiger partial charge in [-0.15, -0.1) is 0 Å². The van der Waals surface area contributed by atoms with Gasteiger partial charge in [-0.05, 0) is 6.92 Å². The zero-order valence-electron chi connectivity index (χ0n) is 8.90. The molecule has 15 heavy (non-hydrogen) atoms. The van der Waals surface area contributed by atoms with Gasteiger partial charge in [0.15, 0.2) is 5.82 Å². The first-order chi connectivity index (χ1) is 7.19. The molecule has 5 nitrogen and oxygen atoms in total. The molecule has 0 aliphatic rings. The highest BCUT2D eigenvalue weighted by atomic mass is 35.5. The van der Waals surface area contributed by atoms with Crippen LogP contribution in [0.5, 0.6) is 0 Å². The number of aromatic nitrogens is 2. The number of hydrogen-bond acceptors (Lipinski definition) is 5. The molecule has 0 aliphatic heterocycles. The lowest BCUT2D eigenvalue weighted by Crippen LogP contribution is -2.28. The number of rotatable bonds is 5. The number of methoxy groups -OCH3 is 1. The van der Waals surface area contributed by atoms with E-state index in [1.54, 1.807) is 7.11 Å². The Morgan fingerprint density at radius 3 is 2.93 bits per heavy atom. The molecule has 1 rings (SSSR count). The lowest BCUT2D eigenvalue weighted by atomic mass is 10.4. The minimum Gasteiger partial charge on any atom is -0.383 e. The highest BCUT2D eigenvalue weighted by Crippen LogP contribution is 2.22. The molecule has 84 valence electrons. The fourth-order valence-corrected chi connectivity index (χ4v) is 1.42. The fourth-order valence-electron chi connectivity index (χ4n) is 1.21. The third-order valence-corrected chi connectivity index (χ3v) is 2.26. The molecule has 0 amide bonds. The summed E-state index contributed by atoms with van der Waals surface area (Å²) in [4.78, 5) is 9.90. The van der Waals surface area contributed by atoms with Gasteiger partial charge in [0.1, 0.15) is 5.02 Å². The van der Waals surface area contributed by atoms with Crippen LogP contribution in [0, 0.1) is 0 Å². The molecule has 6 heteroatoms. The standard InChI is InChI=1S/C9H15ClN4O/c1-3-14(4-5-15-2)8-7(10)6-12-9(11)13-8/h6H,3-5H2,1-2H3,(H2,11,12,13). The summed E-state index contributed by atoms with van der Waals surface area (Å²) in [6, 6.07) is 0. The van der Waals surface area contributed by atoms with Crippen molar-refractivity contribution < 1.29 is 4.74 Å². The maximum absolute atomic E-state index is 5.99. The summed E-state index contributed by atoms with van der Waals surface area (Å²) in [5.74, 6) is 0.883. The number of ether oxygens (including phenoxy) is 1. The predicted molar refractivity (Wildman–Crippen MR) is 61.2 cm³/mol. The summed E-state index contributed by atoms with van der Waals surface area (Å²) in [5, 5.41) is 0.502. The third kappa shape index (κ3) is 3.21. The van der Waals surface area contributed by atoms with Crippen molar-refractivity contribution in [1.82, 2.24) is 9.97 Å². The maximum atomic E-state index is 5.99. The second-order valence-corrected chi connectivity index (χ2v) is 3.38. The predicted octanol–water partition coefficient (Wildman–Crippen LogP) is 1.18. The average Bonchev–Trinajstić information content (AvgIpc) is 2.24. The van der Waals surface area contributed by atoms with E-state index in [2.05, 4.69) is 9.97 Å². The van der Waals surface area contributed by atoms with E-state index in [0.717, 1.165) is 13.1 Å². The maximum Gasteiger partial charge on any atom is 0.222 e. The molecule has 0 bridgehead atoms. The Labute approximate surface area is 94.2 Å². The molecule has 0 saturated carbocycles. The molecule has 2 N–H and O–H groups in total. The quantitative estimate of drug-likeness (QED) is 0.823. The van der Waals surface area contributed by atoms with Crippen LogP contribution in [-0.2, 0) is 4.74 Å². The van der Waals surface area contributed by atoms with Crippen molar-refractivity contribution in [3.63, 3.8) is 0 Å². The van der Waals surface area contributed by atoms with Gasteiger partial charge in [-0.3, -0.25) is 0 Å². The van der Waals surface area contributed by atoms with Crippen LogP contribution in [0.1, 0.15) is 6.92 Å². The number of nitrogens with zero attached hydrogens (tertiary/aromatic N) is 3. The van der Waals surface area contributed by atoms with Crippen LogP contribution >= 0.6 is 11.6 Å². The SMILES string of the molecule is CCN(CCOC)c1nc(N)ncc1Cl. The van der Waals surface area contributed by atoms with Crippen LogP contribution in [0.2, 0.25) is 5.02 Å². The van der Waals surface area contributed by atoms with E-state index in [1.165, 1.54) is 6.20 Å². The molecule has 1 heterocycles. The van der Waals surface area contributed by atoms with E-state index in [9.17, 15) is 0 Å². The molecule has 0 saturated heterocycles. The first kappa shape index (κ1) is 12.0. The first-order valence-corrected chi connectivity index (χ1v) is 5.08. The molecule has 0 unspecified atom stereocenters. The monoisotopic (exact) mass is 230 g/mol. The van der Waals surface area contributed by atoms with E-state index >= 15 is 0 Å². The van der Waals surface area contributed by atoms with Crippen molar-refractivity contribution in [2.24, 2.45) is 0 Å². The van der Waals surface area contributed by atoms with Crippen molar-refractivity contribution in [3.8, 4) is 0 Å². The molecule has 0 spiro atoms. The van der Waals surface area contributed by atoms with Crippen LogP contribution in [-0.4, -0.2) is 36.8 Å². The van der Waals surface area contributed by atoms with E-state index < -0.39 is 0 Å². The smallest absolute Gasteiger partial charge is 0.222 e. The molecular formula is C9H15ClN4O. The van der Waals surface area contributed by atoms with Crippen molar-refractivity contribution >= 4 is 23.4 Å². The normalized spacial score (nSPS) is 10.3. The molecule has 0 aromatic carbocycles. The molecule has 1 aromatic rings. The second kappa shape index (κ2) is 5.72. The number of hydrogen-bond donors (Lipinski definition) is 1. The van der Waals surface area contributed by atoms with E-state index in [-0.39, 0.29) is 5.95 Å². The van der Waals surface area contributed by atoms with Crippen molar-refractivity contribution in [2.75, 3.05) is 37.4 Å². The van der Waals surface area contributed by atoms with Gasteiger partial charge in [-0.2, -0.15) is 4.98 Å². The Morgan fingerprint density at radius 2 is 2.33 bits per heavy atom. The number of halogens is 1. The highest BCUT2D eigenvalue weighted by Gasteiger charge is 2.10. The van der Waals surface area contributed by atoms with Gasteiger partial charge in [-0.1, -0.05) is 11.6 Å². The van der Waals surface area contributed by atoms with Gasteiger partial charge < -0.3 is 15.4 Å². The lowest BCUT2D eigenvalue weighted by Gasteiger charge is -2.22. The number of nitrogens with two attached hydrogens (primary N) is 1. The van der Waals surface area contributed by atoms with Crippen LogP contribution in [0.25, 0.3) is 0 Å². The lowest BCUT2D eigenvalue weighted by molar-refractivity contribution is 0.205. The van der Waals surface area contributed by atoms with Crippen molar-refractivity contribution in [2.45, 2.75) is 6.92 Å². The van der Waals surface area contributed by atoms with E-state index in [0.29, 0.717) is 17.4 Å². The molecule has 0 aliphatic carbocycles. The Balaban J connectivity index is 2.85. The fraction of sp³-hybridized carbons (Fsp3) is 0.556. The molecule has 1 aromatic heterocycles. The summed E-state index contributed by atoms with van der Waals surface area (Å²) < 4.78 is 5.01. The number of likely N-dealkylation sites (N-methyl/N-ethyl adjacent to an activating group) is 1. The van der Waals surface area contributed by atoms with Crippen LogP contribution in [0.3, 0.4) is 0 Å². The van der Waals surface area contributed by atoms with E-state index in [4.69, 9.17) is 22.1 Å². The van der Waals surface area contributed by atoms with E-state index in [1.807, 2.05) is 11.8 Å². The van der Waals surface area contributed by atoms with Crippen LogP contribution < -0.4 is 10.6 Å². The second-order valence-electron chi connectivity index (χ2n) is 2.97. The van der Waals surface area contributed by atoms with Gasteiger partial charge in [-0.25, -0.2) is 4.98 Å². The zero-order valence-corrected chi connectivity index (χ0v) is 9.66. The van der Waals surface area contributed by atoms with Gasteiger partial charge in [0.25, 0.3) is 0 Å². The Bertz CT molecular complexity index is 321. The van der Waals surface area contributed by atoms with Gasteiger partial charge >= 0.3 is 0 Å². The number of anilines is 2. The van der Waals surface area contributed by atoms with Gasteiger partial charge in [0, 0.05) is 20.2 Å². The summed E-state index contributed by atoms with van der Waals surface area (Å²) in [7, 11) is 1.66. The Hall–Kier alpha value is -1.07. The minimum absolute atomic E-state index is 0.227. The Kier molecular flexibility index (Phi) is 4.58. The molecule has 0 fully saturated rings. The average molecular weight is 231 g/mol. The highest BCUT2D eigenvalue weighted by molar-refractivity contribution is 6.32. The van der Waals surface area contributed by atoms with Crippen LogP contribution in [0.15, 0.2) is 6.20 Å². The minimum atomic E-state index is 0.227. The summed E-state index contributed by atoms with van der Waals surface area (Å²) in [6.45, 7) is 4.15. The molecular weight excluding hydrogens is 216 g/mol. The molecule has 0 atom stereocenters. The topological polar surface area (TPSA) is 64.3 Å². The van der Waals surface area contributed by atoms with Gasteiger partial charge in [0.2, 0.25) is 5.95 Å². The largest absolute Gasteiger partial charge is 0.383 e.